The maximum Gasteiger partial charge on any atom is 0.308 e. The largest absolute Gasteiger partial charge is 0.426 e. The third kappa shape index (κ3) is 3.99. The Kier molecular flexibility index (Phi) is 5.27. The van der Waals surface area contributed by atoms with Crippen molar-refractivity contribution in [3.63, 3.8) is 0 Å². The van der Waals surface area contributed by atoms with Crippen molar-refractivity contribution in [1.29, 1.82) is 0 Å². The number of nitrogens with two attached hydrogens (primary N) is 1. The van der Waals surface area contributed by atoms with Gasteiger partial charge < -0.3 is 30.2 Å². The lowest BCUT2D eigenvalue weighted by molar-refractivity contribution is -0.205. The average Bonchev–Trinajstić information content (AvgIpc) is 2.44. The molecule has 21 heavy (non-hydrogen) atoms. The summed E-state index contributed by atoms with van der Waals surface area (Å²) in [5.74, 6) is -0.0547. The molecule has 1 unspecified atom stereocenters. The number of aliphatic hydroxyl groups is 2. The highest BCUT2D eigenvalue weighted by Gasteiger charge is 2.37. The fourth-order valence-electron chi connectivity index (χ4n) is 2.07. The van der Waals surface area contributed by atoms with Crippen LogP contribution in [0.4, 0.5) is 0 Å². The molecule has 0 amide bonds. The molecule has 1 aromatic carbocycles. The zero-order valence-corrected chi connectivity index (χ0v) is 11.6. The molecule has 0 aliphatic carbocycles. The van der Waals surface area contributed by atoms with Crippen LogP contribution in [-0.4, -0.2) is 47.3 Å². The normalized spacial score (nSPS) is 29.1. The van der Waals surface area contributed by atoms with Crippen molar-refractivity contribution in [3.8, 4) is 5.75 Å². The van der Waals surface area contributed by atoms with Gasteiger partial charge in [-0.3, -0.25) is 4.79 Å². The molecule has 0 bridgehead atoms. The van der Waals surface area contributed by atoms with Crippen LogP contribution in [-0.2, 0) is 20.9 Å². The van der Waals surface area contributed by atoms with Crippen LogP contribution >= 0.6 is 0 Å². The maximum atomic E-state index is 11.0. The minimum atomic E-state index is -1.13. The summed E-state index contributed by atoms with van der Waals surface area (Å²) in [5, 5.41) is 19.4. The molecule has 4 atom stereocenters. The molecule has 0 spiro atoms. The number of hydrogen-bond donors (Lipinski definition) is 3. The molecule has 7 heteroatoms. The van der Waals surface area contributed by atoms with E-state index in [0.717, 1.165) is 0 Å². The standard InChI is InChI=1S/C14H19NO6/c1-8(16)21-11-5-3-2-4-9(11)6-19-13-12(18)10(17)7-20-14(13)15/h2-5,10,12-14,17-18H,6-7,15H2,1H3/t10-,12-,13+,14?/m1/s1. The van der Waals surface area contributed by atoms with Crippen LogP contribution in [0.25, 0.3) is 0 Å². The molecule has 1 aliphatic rings. The minimum Gasteiger partial charge on any atom is -0.426 e. The molecule has 1 saturated heterocycles. The van der Waals surface area contributed by atoms with E-state index in [1.807, 2.05) is 0 Å². The van der Waals surface area contributed by atoms with Crippen LogP contribution < -0.4 is 10.5 Å². The number of carbonyl (C=O) groups is 1. The molecule has 7 nitrogen and oxygen atoms in total. The van der Waals surface area contributed by atoms with Gasteiger partial charge in [-0.25, -0.2) is 0 Å². The van der Waals surface area contributed by atoms with E-state index < -0.39 is 30.5 Å². The van der Waals surface area contributed by atoms with Crippen molar-refractivity contribution in [3.05, 3.63) is 29.8 Å². The van der Waals surface area contributed by atoms with E-state index in [-0.39, 0.29) is 13.2 Å². The summed E-state index contributed by atoms with van der Waals surface area (Å²) < 4.78 is 15.7. The molecular weight excluding hydrogens is 278 g/mol. The van der Waals surface area contributed by atoms with Gasteiger partial charge >= 0.3 is 5.97 Å². The van der Waals surface area contributed by atoms with Crippen molar-refractivity contribution >= 4 is 5.97 Å². The SMILES string of the molecule is CC(=O)Oc1ccccc1CO[C@@H]1C(N)OC[C@@H](O)[C@H]1O. The monoisotopic (exact) mass is 297 g/mol. The second-order valence-electron chi connectivity index (χ2n) is 4.83. The van der Waals surface area contributed by atoms with Gasteiger partial charge in [0.2, 0.25) is 0 Å². The summed E-state index contributed by atoms with van der Waals surface area (Å²) in [6, 6.07) is 6.88. The van der Waals surface area contributed by atoms with Gasteiger partial charge in [-0.15, -0.1) is 0 Å². The van der Waals surface area contributed by atoms with Crippen molar-refractivity contribution < 1.29 is 29.2 Å². The third-order valence-electron chi connectivity index (χ3n) is 3.17. The van der Waals surface area contributed by atoms with E-state index in [9.17, 15) is 15.0 Å². The highest BCUT2D eigenvalue weighted by molar-refractivity contribution is 5.69. The molecular formula is C14H19NO6. The first-order chi connectivity index (χ1) is 9.99. The van der Waals surface area contributed by atoms with Crippen LogP contribution in [0, 0.1) is 0 Å². The van der Waals surface area contributed by atoms with Crippen LogP contribution in [0.15, 0.2) is 24.3 Å². The molecule has 0 aromatic heterocycles. The van der Waals surface area contributed by atoms with Gasteiger partial charge in [0.25, 0.3) is 0 Å². The van der Waals surface area contributed by atoms with Gasteiger partial charge in [0.05, 0.1) is 13.2 Å². The highest BCUT2D eigenvalue weighted by atomic mass is 16.6. The van der Waals surface area contributed by atoms with E-state index in [1.165, 1.54) is 6.92 Å². The quantitative estimate of drug-likeness (QED) is 0.509. The van der Waals surface area contributed by atoms with Gasteiger partial charge in [0.15, 0.2) is 0 Å². The van der Waals surface area contributed by atoms with Crippen molar-refractivity contribution in [1.82, 2.24) is 0 Å². The van der Waals surface area contributed by atoms with Crippen LogP contribution in [0.2, 0.25) is 0 Å². The van der Waals surface area contributed by atoms with E-state index in [1.54, 1.807) is 24.3 Å². The first kappa shape index (κ1) is 15.9. The summed E-state index contributed by atoms with van der Waals surface area (Å²) in [5.41, 5.74) is 6.34. The smallest absolute Gasteiger partial charge is 0.308 e. The summed E-state index contributed by atoms with van der Waals surface area (Å²) in [6.07, 6.45) is -3.86. The minimum absolute atomic E-state index is 0.0355. The van der Waals surface area contributed by atoms with Gasteiger partial charge in [-0.2, -0.15) is 0 Å². The number of rotatable bonds is 4. The number of carbonyl (C=O) groups excluding carboxylic acids is 1. The molecule has 4 N–H and O–H groups in total. The third-order valence-corrected chi connectivity index (χ3v) is 3.17. The van der Waals surface area contributed by atoms with Crippen molar-refractivity contribution in [2.75, 3.05) is 6.61 Å². The molecule has 1 heterocycles. The fourth-order valence-corrected chi connectivity index (χ4v) is 2.07. The average molecular weight is 297 g/mol. The first-order valence-corrected chi connectivity index (χ1v) is 6.60. The van der Waals surface area contributed by atoms with E-state index in [0.29, 0.717) is 11.3 Å². The predicted molar refractivity (Wildman–Crippen MR) is 72.3 cm³/mol. The molecule has 1 aliphatic heterocycles. The fraction of sp³-hybridized carbons (Fsp3) is 0.500. The molecule has 1 aromatic rings. The zero-order valence-electron chi connectivity index (χ0n) is 11.6. The summed E-state index contributed by atoms with van der Waals surface area (Å²) >= 11 is 0. The number of ether oxygens (including phenoxy) is 3. The van der Waals surface area contributed by atoms with Crippen LogP contribution in [0.5, 0.6) is 5.75 Å². The van der Waals surface area contributed by atoms with Crippen LogP contribution in [0.1, 0.15) is 12.5 Å². The summed E-state index contributed by atoms with van der Waals surface area (Å²) in [6.45, 7) is 1.34. The maximum absolute atomic E-state index is 11.0. The number of para-hydroxylation sites is 1. The number of hydrogen-bond acceptors (Lipinski definition) is 7. The lowest BCUT2D eigenvalue weighted by Crippen LogP contribution is -2.57. The van der Waals surface area contributed by atoms with Gasteiger partial charge in [-0.1, -0.05) is 18.2 Å². The topological polar surface area (TPSA) is 111 Å². The molecule has 0 saturated carbocycles. The molecule has 116 valence electrons. The van der Waals surface area contributed by atoms with Crippen molar-refractivity contribution in [2.24, 2.45) is 5.73 Å². The van der Waals surface area contributed by atoms with Crippen molar-refractivity contribution in [2.45, 2.75) is 38.1 Å². The predicted octanol–water partition coefficient (Wildman–Crippen LogP) is -0.466. The lowest BCUT2D eigenvalue weighted by atomic mass is 10.0. The second-order valence-corrected chi connectivity index (χ2v) is 4.83. The van der Waals surface area contributed by atoms with Crippen LogP contribution in [0.3, 0.4) is 0 Å². The van der Waals surface area contributed by atoms with Gasteiger partial charge in [-0.05, 0) is 6.07 Å². The zero-order chi connectivity index (χ0) is 15.4. The second kappa shape index (κ2) is 6.97. The highest BCUT2D eigenvalue weighted by Crippen LogP contribution is 2.22. The van der Waals surface area contributed by atoms with Gasteiger partial charge in [0, 0.05) is 12.5 Å². The lowest BCUT2D eigenvalue weighted by Gasteiger charge is -2.36. The van der Waals surface area contributed by atoms with E-state index in [2.05, 4.69) is 0 Å². The van der Waals surface area contributed by atoms with E-state index >= 15 is 0 Å². The Morgan fingerprint density at radius 1 is 1.43 bits per heavy atom. The Morgan fingerprint density at radius 3 is 2.86 bits per heavy atom. The van der Waals surface area contributed by atoms with Gasteiger partial charge in [0.1, 0.15) is 30.3 Å². The first-order valence-electron chi connectivity index (χ1n) is 6.60. The molecule has 1 fully saturated rings. The summed E-state index contributed by atoms with van der Waals surface area (Å²) in [4.78, 5) is 11.0. The number of esters is 1. The Hall–Kier alpha value is -1.51. The Labute approximate surface area is 122 Å². The Balaban J connectivity index is 2.03. The molecule has 2 rings (SSSR count). The number of aliphatic hydroxyl groups excluding tert-OH is 2. The molecule has 0 radical (unpaired) electrons. The summed E-state index contributed by atoms with van der Waals surface area (Å²) in [7, 11) is 0. The Morgan fingerprint density at radius 2 is 2.14 bits per heavy atom. The van der Waals surface area contributed by atoms with E-state index in [4.69, 9.17) is 19.9 Å². The Bertz CT molecular complexity index is 494. The number of benzene rings is 1.